The second-order valence-corrected chi connectivity index (χ2v) is 8.30. The number of anilines is 1. The van der Waals surface area contributed by atoms with Crippen LogP contribution in [0.15, 0.2) is 103 Å². The summed E-state index contributed by atoms with van der Waals surface area (Å²) in [4.78, 5) is 13.1. The molecule has 1 unspecified atom stereocenters. The number of aromatic nitrogens is 2. The van der Waals surface area contributed by atoms with E-state index < -0.39 is 0 Å². The summed E-state index contributed by atoms with van der Waals surface area (Å²) in [6.45, 7) is 0.432. The molecule has 0 spiro atoms. The Hall–Kier alpha value is -4.42. The van der Waals surface area contributed by atoms with Gasteiger partial charge in [-0.1, -0.05) is 48.5 Å². The van der Waals surface area contributed by atoms with E-state index in [1.54, 1.807) is 0 Å². The van der Waals surface area contributed by atoms with E-state index in [2.05, 4.69) is 15.5 Å². The fraction of sp³-hybridized carbons (Fsp3) is 0.103. The van der Waals surface area contributed by atoms with Crippen LogP contribution in [-0.2, 0) is 4.79 Å². The first kappa shape index (κ1) is 22.4. The van der Waals surface area contributed by atoms with Crippen LogP contribution >= 0.6 is 0 Å². The second kappa shape index (κ2) is 10.2. The Kier molecular flexibility index (Phi) is 6.55. The predicted molar refractivity (Wildman–Crippen MR) is 140 cm³/mol. The Morgan fingerprint density at radius 3 is 2.29 bits per heavy atom. The molecule has 0 aliphatic carbocycles. The van der Waals surface area contributed by atoms with Crippen molar-refractivity contribution >= 4 is 22.5 Å². The van der Waals surface area contributed by atoms with Crippen molar-refractivity contribution in [2.45, 2.75) is 12.3 Å². The van der Waals surface area contributed by atoms with E-state index in [9.17, 15) is 4.79 Å². The van der Waals surface area contributed by atoms with Crippen molar-refractivity contribution in [1.29, 1.82) is 0 Å². The van der Waals surface area contributed by atoms with Crippen LogP contribution in [0.4, 0.5) is 5.69 Å². The van der Waals surface area contributed by atoms with E-state index in [1.165, 1.54) is 0 Å². The largest absolute Gasteiger partial charge is 0.457 e. The van der Waals surface area contributed by atoms with Crippen LogP contribution < -0.4 is 15.8 Å². The topological polar surface area (TPSA) is 93.0 Å². The number of hydrogen-bond acceptors (Lipinski definition) is 4. The molecule has 0 saturated carbocycles. The van der Waals surface area contributed by atoms with Crippen molar-refractivity contribution in [3.8, 4) is 22.8 Å². The molecule has 6 heteroatoms. The molecule has 35 heavy (non-hydrogen) atoms. The fourth-order valence-corrected chi connectivity index (χ4v) is 4.15. The number of fused-ring (bicyclic) bond motifs is 1. The first-order chi connectivity index (χ1) is 17.2. The minimum absolute atomic E-state index is 0.0755. The highest BCUT2D eigenvalue weighted by atomic mass is 16.5. The quantitative estimate of drug-likeness (QED) is 0.260. The summed E-state index contributed by atoms with van der Waals surface area (Å²) in [5, 5.41) is 11.6. The summed E-state index contributed by atoms with van der Waals surface area (Å²) in [6, 6.07) is 33.0. The number of rotatable bonds is 8. The van der Waals surface area contributed by atoms with E-state index in [1.807, 2.05) is 103 Å². The monoisotopic (exact) mass is 462 g/mol. The number of nitrogens with two attached hydrogens (primary N) is 1. The number of carbonyl (C=O) groups excluding carboxylic acids is 1. The highest BCUT2D eigenvalue weighted by molar-refractivity contribution is 6.00. The molecule has 5 aromatic rings. The molecule has 0 saturated heterocycles. The number of carbonyl (C=O) groups is 1. The number of amides is 1. The smallest absolute Gasteiger partial charge is 0.231 e. The third-order valence-electron chi connectivity index (χ3n) is 5.91. The van der Waals surface area contributed by atoms with Gasteiger partial charge in [0.1, 0.15) is 11.5 Å². The van der Waals surface area contributed by atoms with Gasteiger partial charge in [-0.15, -0.1) is 0 Å². The highest BCUT2D eigenvalue weighted by Gasteiger charge is 2.20. The maximum absolute atomic E-state index is 13.1. The average Bonchev–Trinajstić information content (AvgIpc) is 3.32. The number of benzene rings is 4. The lowest BCUT2D eigenvalue weighted by Gasteiger charge is -2.16. The Bertz CT molecular complexity index is 1410. The summed E-state index contributed by atoms with van der Waals surface area (Å²) in [5.41, 5.74) is 10.1. The summed E-state index contributed by atoms with van der Waals surface area (Å²) >= 11 is 0. The molecule has 0 bridgehead atoms. The van der Waals surface area contributed by atoms with Gasteiger partial charge in [-0.05, 0) is 73.1 Å². The Labute approximate surface area is 203 Å². The molecule has 5 rings (SSSR count). The van der Waals surface area contributed by atoms with Crippen LogP contribution in [0.3, 0.4) is 0 Å². The standard InChI is InChI=1S/C29H26N4O2/c30-18-17-25(20-7-3-1-4-8-20)29(34)31-22-13-16-27-26(19-22)28(33-32-27)21-11-14-24(15-12-21)35-23-9-5-2-6-10-23/h1-16,19,25H,17-18,30H2,(H,31,34)(H,32,33). The zero-order chi connectivity index (χ0) is 24.0. The van der Waals surface area contributed by atoms with Crippen LogP contribution in [0.1, 0.15) is 17.9 Å². The Morgan fingerprint density at radius 2 is 1.57 bits per heavy atom. The van der Waals surface area contributed by atoms with Crippen LogP contribution in [0.25, 0.3) is 22.2 Å². The molecule has 0 radical (unpaired) electrons. The molecule has 4 N–H and O–H groups in total. The third-order valence-corrected chi connectivity index (χ3v) is 5.91. The van der Waals surface area contributed by atoms with E-state index in [0.29, 0.717) is 18.7 Å². The van der Waals surface area contributed by atoms with E-state index >= 15 is 0 Å². The molecule has 0 aliphatic rings. The van der Waals surface area contributed by atoms with Crippen molar-refractivity contribution < 1.29 is 9.53 Å². The van der Waals surface area contributed by atoms with Gasteiger partial charge < -0.3 is 15.8 Å². The fourth-order valence-electron chi connectivity index (χ4n) is 4.15. The number of nitrogens with one attached hydrogen (secondary N) is 2. The summed E-state index contributed by atoms with van der Waals surface area (Å²) in [6.07, 6.45) is 0.576. The van der Waals surface area contributed by atoms with Crippen molar-refractivity contribution in [3.05, 3.63) is 109 Å². The van der Waals surface area contributed by atoms with Gasteiger partial charge in [0.05, 0.1) is 17.1 Å². The molecule has 1 aromatic heterocycles. The van der Waals surface area contributed by atoms with Crippen molar-refractivity contribution in [2.75, 3.05) is 11.9 Å². The Morgan fingerprint density at radius 1 is 0.886 bits per heavy atom. The molecule has 1 heterocycles. The van der Waals surface area contributed by atoms with Gasteiger partial charge in [-0.3, -0.25) is 9.89 Å². The highest BCUT2D eigenvalue weighted by Crippen LogP contribution is 2.31. The van der Waals surface area contributed by atoms with E-state index in [0.717, 1.165) is 39.2 Å². The minimum atomic E-state index is -0.308. The second-order valence-electron chi connectivity index (χ2n) is 8.30. The van der Waals surface area contributed by atoms with Crippen LogP contribution in [0.2, 0.25) is 0 Å². The zero-order valence-corrected chi connectivity index (χ0v) is 19.1. The number of aromatic amines is 1. The molecule has 4 aromatic carbocycles. The van der Waals surface area contributed by atoms with Crippen LogP contribution in [0, 0.1) is 0 Å². The normalized spacial score (nSPS) is 11.8. The molecular formula is C29H26N4O2. The van der Waals surface area contributed by atoms with Crippen molar-refractivity contribution in [1.82, 2.24) is 10.2 Å². The molecule has 0 fully saturated rings. The summed E-state index contributed by atoms with van der Waals surface area (Å²) < 4.78 is 5.90. The van der Waals surface area contributed by atoms with Crippen LogP contribution in [0.5, 0.6) is 11.5 Å². The van der Waals surface area contributed by atoms with Gasteiger partial charge in [-0.2, -0.15) is 5.10 Å². The first-order valence-corrected chi connectivity index (χ1v) is 11.6. The maximum atomic E-state index is 13.1. The molecule has 174 valence electrons. The summed E-state index contributed by atoms with van der Waals surface area (Å²) in [5.74, 6) is 1.15. The number of para-hydroxylation sites is 1. The van der Waals surface area contributed by atoms with Gasteiger partial charge in [0.2, 0.25) is 5.91 Å². The van der Waals surface area contributed by atoms with Gasteiger partial charge in [0, 0.05) is 16.6 Å². The molecule has 1 atom stereocenters. The lowest BCUT2D eigenvalue weighted by molar-refractivity contribution is -0.117. The molecule has 0 aliphatic heterocycles. The van der Waals surface area contributed by atoms with Crippen molar-refractivity contribution in [3.63, 3.8) is 0 Å². The number of nitrogens with zero attached hydrogens (tertiary/aromatic N) is 1. The molecule has 1 amide bonds. The van der Waals surface area contributed by atoms with Gasteiger partial charge in [-0.25, -0.2) is 0 Å². The lowest BCUT2D eigenvalue weighted by Crippen LogP contribution is -2.23. The van der Waals surface area contributed by atoms with Gasteiger partial charge in [0.25, 0.3) is 0 Å². The zero-order valence-electron chi connectivity index (χ0n) is 19.1. The molecular weight excluding hydrogens is 436 g/mol. The average molecular weight is 463 g/mol. The van der Waals surface area contributed by atoms with Gasteiger partial charge in [0.15, 0.2) is 0 Å². The SMILES string of the molecule is NCCC(C(=O)Nc1ccc2[nH]nc(-c3ccc(Oc4ccccc4)cc3)c2c1)c1ccccc1. The lowest BCUT2D eigenvalue weighted by atomic mass is 9.94. The number of hydrogen-bond donors (Lipinski definition) is 3. The van der Waals surface area contributed by atoms with E-state index in [-0.39, 0.29) is 11.8 Å². The Balaban J connectivity index is 1.37. The van der Waals surface area contributed by atoms with Crippen molar-refractivity contribution in [2.24, 2.45) is 5.73 Å². The number of H-pyrrole nitrogens is 1. The van der Waals surface area contributed by atoms with Gasteiger partial charge >= 0.3 is 0 Å². The number of ether oxygens (including phenoxy) is 1. The predicted octanol–water partition coefficient (Wildman–Crippen LogP) is 6.09. The summed E-state index contributed by atoms with van der Waals surface area (Å²) in [7, 11) is 0. The van der Waals surface area contributed by atoms with E-state index in [4.69, 9.17) is 10.5 Å². The maximum Gasteiger partial charge on any atom is 0.231 e. The third kappa shape index (κ3) is 5.08. The molecule has 6 nitrogen and oxygen atoms in total. The van der Waals surface area contributed by atoms with Crippen LogP contribution in [-0.4, -0.2) is 22.6 Å². The first-order valence-electron chi connectivity index (χ1n) is 11.6. The minimum Gasteiger partial charge on any atom is -0.457 e.